The third kappa shape index (κ3) is 2.26. The number of aromatic nitrogens is 1. The first kappa shape index (κ1) is 16.5. The van der Waals surface area contributed by atoms with Crippen LogP contribution in [0.3, 0.4) is 0 Å². The molecular formula is C21H16ClNO3. The van der Waals surface area contributed by atoms with Gasteiger partial charge in [-0.2, -0.15) is 0 Å². The van der Waals surface area contributed by atoms with E-state index in [0.29, 0.717) is 21.9 Å². The summed E-state index contributed by atoms with van der Waals surface area (Å²) < 4.78 is 7.44. The van der Waals surface area contributed by atoms with Crippen LogP contribution >= 0.6 is 11.6 Å². The number of carbonyl (C=O) groups is 1. The average molecular weight is 366 g/mol. The molecule has 0 amide bonds. The highest BCUT2D eigenvalue weighted by molar-refractivity contribution is 6.32. The zero-order valence-corrected chi connectivity index (χ0v) is 15.0. The monoisotopic (exact) mass is 365 g/mol. The van der Waals surface area contributed by atoms with Crippen molar-refractivity contribution in [2.75, 3.05) is 7.11 Å². The first-order valence-corrected chi connectivity index (χ1v) is 8.51. The molecule has 1 aromatic heterocycles. The Bertz CT molecular complexity index is 1180. The third-order valence-corrected chi connectivity index (χ3v) is 5.02. The summed E-state index contributed by atoms with van der Waals surface area (Å²) in [6.07, 6.45) is 0. The number of aromatic carboxylic acids is 1. The second-order valence-electron chi connectivity index (χ2n) is 6.07. The van der Waals surface area contributed by atoms with Gasteiger partial charge in [-0.1, -0.05) is 48.0 Å². The molecule has 0 fully saturated rings. The molecule has 4 aromatic rings. The lowest BCUT2D eigenvalue weighted by Gasteiger charge is -2.13. The van der Waals surface area contributed by atoms with E-state index in [0.717, 1.165) is 22.0 Å². The minimum atomic E-state index is -0.976. The van der Waals surface area contributed by atoms with Gasteiger partial charge in [0.05, 0.1) is 28.9 Å². The third-order valence-electron chi connectivity index (χ3n) is 4.70. The summed E-state index contributed by atoms with van der Waals surface area (Å²) >= 11 is 6.44. The van der Waals surface area contributed by atoms with Gasteiger partial charge in [-0.05, 0) is 25.1 Å². The molecule has 0 radical (unpaired) electrons. The van der Waals surface area contributed by atoms with E-state index in [2.05, 4.69) is 0 Å². The van der Waals surface area contributed by atoms with E-state index in [1.165, 1.54) is 0 Å². The predicted octanol–water partition coefficient (Wildman–Crippen LogP) is 5.45. The van der Waals surface area contributed by atoms with Crippen LogP contribution < -0.4 is 4.74 Å². The van der Waals surface area contributed by atoms with E-state index in [1.54, 1.807) is 26.2 Å². The number of hydrogen-bond acceptors (Lipinski definition) is 2. The van der Waals surface area contributed by atoms with Crippen molar-refractivity contribution in [1.29, 1.82) is 0 Å². The number of hydrogen-bond donors (Lipinski definition) is 1. The van der Waals surface area contributed by atoms with E-state index < -0.39 is 5.97 Å². The summed E-state index contributed by atoms with van der Waals surface area (Å²) in [5, 5.41) is 12.9. The molecule has 3 aromatic carbocycles. The fourth-order valence-corrected chi connectivity index (χ4v) is 3.83. The lowest BCUT2D eigenvalue weighted by atomic mass is 10.0. The zero-order valence-electron chi connectivity index (χ0n) is 14.3. The van der Waals surface area contributed by atoms with E-state index in [9.17, 15) is 9.90 Å². The Kier molecular flexibility index (Phi) is 3.85. The minimum Gasteiger partial charge on any atom is -0.496 e. The molecule has 0 saturated heterocycles. The van der Waals surface area contributed by atoms with Crippen molar-refractivity contribution in [3.63, 3.8) is 0 Å². The second kappa shape index (κ2) is 6.07. The minimum absolute atomic E-state index is 0.254. The van der Waals surface area contributed by atoms with Crippen LogP contribution in [0.2, 0.25) is 5.02 Å². The summed E-state index contributed by atoms with van der Waals surface area (Å²) in [7, 11) is 1.59. The van der Waals surface area contributed by atoms with Gasteiger partial charge in [-0.3, -0.25) is 0 Å². The summed E-state index contributed by atoms with van der Waals surface area (Å²) in [5.74, 6) is -0.331. The quantitative estimate of drug-likeness (QED) is 0.525. The Hall–Kier alpha value is -2.98. The van der Waals surface area contributed by atoms with Crippen LogP contribution in [0.15, 0.2) is 54.6 Å². The number of carboxylic acid groups (broad SMARTS) is 1. The smallest absolute Gasteiger partial charge is 0.338 e. The SMILES string of the molecule is COc1cc2c(C(=O)O)c(C)n(-c3ccccc3Cl)c2c2ccccc12. The van der Waals surface area contributed by atoms with Crippen LogP contribution in [0, 0.1) is 6.92 Å². The highest BCUT2D eigenvalue weighted by Gasteiger charge is 2.24. The fourth-order valence-electron chi connectivity index (χ4n) is 3.61. The fraction of sp³-hybridized carbons (Fsp3) is 0.0952. The van der Waals surface area contributed by atoms with Crippen LogP contribution in [-0.2, 0) is 0 Å². The Morgan fingerprint density at radius 1 is 1.04 bits per heavy atom. The van der Waals surface area contributed by atoms with Crippen molar-refractivity contribution in [3.8, 4) is 11.4 Å². The standard InChI is InChI=1S/C21H16ClNO3/c1-12-19(21(24)25)15-11-18(26-2)13-7-3-4-8-14(13)20(15)23(12)17-10-6-5-9-16(17)22/h3-11H,1-2H3,(H,24,25). The highest BCUT2D eigenvalue weighted by Crippen LogP contribution is 2.40. The number of halogens is 1. The van der Waals surface area contributed by atoms with Crippen LogP contribution in [0.1, 0.15) is 16.1 Å². The van der Waals surface area contributed by atoms with Gasteiger partial charge in [0, 0.05) is 21.9 Å². The number of para-hydroxylation sites is 1. The van der Waals surface area contributed by atoms with Crippen LogP contribution in [0.5, 0.6) is 5.75 Å². The van der Waals surface area contributed by atoms with Crippen molar-refractivity contribution in [1.82, 2.24) is 4.57 Å². The summed E-state index contributed by atoms with van der Waals surface area (Å²) in [6, 6.07) is 17.0. The average Bonchev–Trinajstić information content (AvgIpc) is 2.93. The van der Waals surface area contributed by atoms with Crippen molar-refractivity contribution in [3.05, 3.63) is 70.9 Å². The van der Waals surface area contributed by atoms with Gasteiger partial charge in [0.2, 0.25) is 0 Å². The number of rotatable bonds is 3. The van der Waals surface area contributed by atoms with Gasteiger partial charge < -0.3 is 14.4 Å². The maximum Gasteiger partial charge on any atom is 0.338 e. The summed E-state index contributed by atoms with van der Waals surface area (Å²) in [5.41, 5.74) is 2.44. The highest BCUT2D eigenvalue weighted by atomic mass is 35.5. The number of benzene rings is 3. The van der Waals surface area contributed by atoms with Crippen molar-refractivity contribution in [2.45, 2.75) is 6.92 Å². The van der Waals surface area contributed by atoms with E-state index in [1.807, 2.05) is 47.0 Å². The maximum atomic E-state index is 12.0. The molecule has 0 bridgehead atoms. The normalized spacial score (nSPS) is 11.2. The lowest BCUT2D eigenvalue weighted by molar-refractivity contribution is 0.0698. The molecule has 4 nitrogen and oxygen atoms in total. The van der Waals surface area contributed by atoms with Crippen LogP contribution in [0.25, 0.3) is 27.4 Å². The molecule has 26 heavy (non-hydrogen) atoms. The Labute approximate surface area is 155 Å². The molecule has 0 saturated carbocycles. The van der Waals surface area contributed by atoms with Crippen molar-refractivity contribution < 1.29 is 14.6 Å². The topological polar surface area (TPSA) is 51.5 Å². The Morgan fingerprint density at radius 3 is 2.35 bits per heavy atom. The summed E-state index contributed by atoms with van der Waals surface area (Å²) in [4.78, 5) is 12.0. The predicted molar refractivity (Wildman–Crippen MR) is 104 cm³/mol. The first-order valence-electron chi connectivity index (χ1n) is 8.13. The molecule has 4 rings (SSSR count). The molecule has 1 heterocycles. The molecule has 0 spiro atoms. The Balaban J connectivity index is 2.30. The van der Waals surface area contributed by atoms with Crippen molar-refractivity contribution >= 4 is 39.2 Å². The lowest BCUT2D eigenvalue weighted by Crippen LogP contribution is -2.02. The second-order valence-corrected chi connectivity index (χ2v) is 6.48. The van der Waals surface area contributed by atoms with E-state index >= 15 is 0 Å². The zero-order chi connectivity index (χ0) is 18.4. The van der Waals surface area contributed by atoms with Gasteiger partial charge >= 0.3 is 5.97 Å². The van der Waals surface area contributed by atoms with Crippen LogP contribution in [0.4, 0.5) is 0 Å². The van der Waals surface area contributed by atoms with Gasteiger partial charge in [-0.15, -0.1) is 0 Å². The van der Waals surface area contributed by atoms with Crippen LogP contribution in [-0.4, -0.2) is 22.8 Å². The number of fused-ring (bicyclic) bond motifs is 3. The number of ether oxygens (including phenoxy) is 1. The van der Waals surface area contributed by atoms with Gasteiger partial charge in [0.25, 0.3) is 0 Å². The molecule has 0 aliphatic carbocycles. The van der Waals surface area contributed by atoms with Gasteiger partial charge in [0.15, 0.2) is 0 Å². The number of nitrogens with zero attached hydrogens (tertiary/aromatic N) is 1. The molecule has 0 aliphatic rings. The first-order chi connectivity index (χ1) is 12.5. The summed E-state index contributed by atoms with van der Waals surface area (Å²) in [6.45, 7) is 1.80. The van der Waals surface area contributed by atoms with Gasteiger partial charge in [-0.25, -0.2) is 4.79 Å². The molecule has 0 unspecified atom stereocenters. The molecule has 0 aliphatic heterocycles. The molecule has 130 valence electrons. The van der Waals surface area contributed by atoms with E-state index in [-0.39, 0.29) is 5.56 Å². The Morgan fingerprint density at radius 2 is 1.69 bits per heavy atom. The van der Waals surface area contributed by atoms with E-state index in [4.69, 9.17) is 16.3 Å². The largest absolute Gasteiger partial charge is 0.496 e. The number of carboxylic acids is 1. The van der Waals surface area contributed by atoms with Gasteiger partial charge in [0.1, 0.15) is 5.75 Å². The molecule has 5 heteroatoms. The van der Waals surface area contributed by atoms with Crippen molar-refractivity contribution in [2.24, 2.45) is 0 Å². The number of methoxy groups -OCH3 is 1. The molecule has 1 N–H and O–H groups in total. The maximum absolute atomic E-state index is 12.0. The molecule has 0 atom stereocenters. The molecular weight excluding hydrogens is 350 g/mol.